The average Bonchev–Trinajstić information content (AvgIpc) is 3.11. The van der Waals surface area contributed by atoms with Crippen molar-refractivity contribution in [1.82, 2.24) is 20.0 Å². The lowest BCUT2D eigenvalue weighted by atomic mass is 10.1. The number of nitrogens with one attached hydrogen (secondary N) is 1. The third kappa shape index (κ3) is 4.23. The lowest BCUT2D eigenvalue weighted by Gasteiger charge is -2.06. The molecular weight excluding hydrogens is 290 g/mol. The summed E-state index contributed by atoms with van der Waals surface area (Å²) in [6.45, 7) is 0. The SMILES string of the molecule is O=C(CCCc1ccccn1)Nc1ccc(-n2nccn2)cc1. The third-order valence-corrected chi connectivity index (χ3v) is 3.36. The van der Waals surface area contributed by atoms with Crippen LogP contribution in [0.25, 0.3) is 5.69 Å². The van der Waals surface area contributed by atoms with Gasteiger partial charge in [-0.15, -0.1) is 0 Å². The van der Waals surface area contributed by atoms with Gasteiger partial charge in [-0.25, -0.2) is 0 Å². The van der Waals surface area contributed by atoms with Gasteiger partial charge in [-0.1, -0.05) is 6.07 Å². The van der Waals surface area contributed by atoms with Crippen LogP contribution in [-0.2, 0) is 11.2 Å². The van der Waals surface area contributed by atoms with E-state index in [0.717, 1.165) is 29.9 Å². The van der Waals surface area contributed by atoms with Crippen LogP contribution in [0.3, 0.4) is 0 Å². The molecule has 0 saturated carbocycles. The minimum Gasteiger partial charge on any atom is -0.326 e. The Balaban J connectivity index is 1.48. The van der Waals surface area contributed by atoms with Crippen molar-refractivity contribution in [1.29, 1.82) is 0 Å². The number of benzene rings is 1. The molecule has 0 aliphatic rings. The molecule has 0 bridgehead atoms. The van der Waals surface area contributed by atoms with Crippen molar-refractivity contribution < 1.29 is 4.79 Å². The summed E-state index contributed by atoms with van der Waals surface area (Å²) in [4.78, 5) is 17.7. The third-order valence-electron chi connectivity index (χ3n) is 3.36. The topological polar surface area (TPSA) is 72.7 Å². The lowest BCUT2D eigenvalue weighted by Crippen LogP contribution is -2.11. The van der Waals surface area contributed by atoms with Gasteiger partial charge in [0.2, 0.25) is 5.91 Å². The highest BCUT2D eigenvalue weighted by molar-refractivity contribution is 5.90. The number of amides is 1. The van der Waals surface area contributed by atoms with Crippen LogP contribution in [0.4, 0.5) is 5.69 Å². The van der Waals surface area contributed by atoms with Gasteiger partial charge in [-0.2, -0.15) is 15.0 Å². The summed E-state index contributed by atoms with van der Waals surface area (Å²) in [6.07, 6.45) is 7.06. The summed E-state index contributed by atoms with van der Waals surface area (Å²) < 4.78 is 0. The van der Waals surface area contributed by atoms with Crippen LogP contribution in [0.5, 0.6) is 0 Å². The van der Waals surface area contributed by atoms with Crippen LogP contribution in [0, 0.1) is 0 Å². The number of pyridine rings is 1. The van der Waals surface area contributed by atoms with E-state index in [1.165, 1.54) is 4.80 Å². The molecule has 23 heavy (non-hydrogen) atoms. The van der Waals surface area contributed by atoms with E-state index >= 15 is 0 Å². The van der Waals surface area contributed by atoms with E-state index in [1.54, 1.807) is 18.6 Å². The highest BCUT2D eigenvalue weighted by Gasteiger charge is 2.04. The number of nitrogens with zero attached hydrogens (tertiary/aromatic N) is 4. The van der Waals surface area contributed by atoms with E-state index in [1.807, 2.05) is 42.5 Å². The summed E-state index contributed by atoms with van der Waals surface area (Å²) in [6, 6.07) is 13.2. The average molecular weight is 307 g/mol. The van der Waals surface area contributed by atoms with Gasteiger partial charge in [0, 0.05) is 24.0 Å². The molecule has 0 saturated heterocycles. The quantitative estimate of drug-likeness (QED) is 0.760. The number of aryl methyl sites for hydroxylation is 1. The fraction of sp³-hybridized carbons (Fsp3) is 0.176. The van der Waals surface area contributed by atoms with Gasteiger partial charge in [0.1, 0.15) is 0 Å². The minimum absolute atomic E-state index is 0.00546. The number of hydrogen-bond acceptors (Lipinski definition) is 4. The molecule has 0 radical (unpaired) electrons. The number of carbonyl (C=O) groups excluding carboxylic acids is 1. The van der Waals surface area contributed by atoms with Gasteiger partial charge in [0.15, 0.2) is 0 Å². The Morgan fingerprint density at radius 2 is 1.78 bits per heavy atom. The molecule has 0 atom stereocenters. The normalized spacial score (nSPS) is 10.4. The number of aromatic nitrogens is 4. The standard InChI is InChI=1S/C17H17N5O/c23-17(6-3-5-14-4-1-2-11-18-14)21-15-7-9-16(10-8-15)22-19-12-13-20-22/h1-2,4,7-13H,3,5-6H2,(H,21,23). The maximum absolute atomic E-state index is 12.0. The lowest BCUT2D eigenvalue weighted by molar-refractivity contribution is -0.116. The second kappa shape index (κ2) is 7.31. The Labute approximate surface area is 134 Å². The molecule has 0 fully saturated rings. The van der Waals surface area contributed by atoms with Gasteiger partial charge in [-0.05, 0) is 49.2 Å². The van der Waals surface area contributed by atoms with Crippen LogP contribution >= 0.6 is 0 Å². The van der Waals surface area contributed by atoms with Crippen molar-refractivity contribution in [3.05, 3.63) is 66.7 Å². The molecule has 0 unspecified atom stereocenters. The van der Waals surface area contributed by atoms with E-state index < -0.39 is 0 Å². The fourth-order valence-corrected chi connectivity index (χ4v) is 2.23. The van der Waals surface area contributed by atoms with Gasteiger partial charge in [0.05, 0.1) is 18.1 Å². The number of anilines is 1. The Kier molecular flexibility index (Phi) is 4.73. The Morgan fingerprint density at radius 1 is 1.00 bits per heavy atom. The highest BCUT2D eigenvalue weighted by Crippen LogP contribution is 2.12. The Bertz CT molecular complexity index is 738. The largest absolute Gasteiger partial charge is 0.326 e. The molecular formula is C17H17N5O. The monoisotopic (exact) mass is 307 g/mol. The van der Waals surface area contributed by atoms with Crippen molar-refractivity contribution in [3.63, 3.8) is 0 Å². The minimum atomic E-state index is 0.00546. The molecule has 116 valence electrons. The molecule has 0 spiro atoms. The molecule has 3 aromatic rings. The van der Waals surface area contributed by atoms with Gasteiger partial charge < -0.3 is 5.32 Å². The van der Waals surface area contributed by atoms with E-state index in [-0.39, 0.29) is 5.91 Å². The van der Waals surface area contributed by atoms with Crippen molar-refractivity contribution in [3.8, 4) is 5.69 Å². The van der Waals surface area contributed by atoms with E-state index in [4.69, 9.17) is 0 Å². The van der Waals surface area contributed by atoms with E-state index in [2.05, 4.69) is 20.5 Å². The molecule has 6 heteroatoms. The second-order valence-corrected chi connectivity index (χ2v) is 5.09. The van der Waals surface area contributed by atoms with Crippen LogP contribution in [0.15, 0.2) is 61.1 Å². The molecule has 3 rings (SSSR count). The highest BCUT2D eigenvalue weighted by atomic mass is 16.1. The smallest absolute Gasteiger partial charge is 0.224 e. The van der Waals surface area contributed by atoms with Crippen molar-refractivity contribution >= 4 is 11.6 Å². The molecule has 1 amide bonds. The van der Waals surface area contributed by atoms with E-state index in [9.17, 15) is 4.79 Å². The number of carbonyl (C=O) groups is 1. The maximum atomic E-state index is 12.0. The predicted octanol–water partition coefficient (Wildman–Crippen LogP) is 2.62. The summed E-state index contributed by atoms with van der Waals surface area (Å²) in [5, 5.41) is 11.0. The summed E-state index contributed by atoms with van der Waals surface area (Å²) in [5.74, 6) is 0.00546. The zero-order chi connectivity index (χ0) is 15.9. The Morgan fingerprint density at radius 3 is 2.48 bits per heavy atom. The molecule has 0 aliphatic heterocycles. The number of hydrogen-bond donors (Lipinski definition) is 1. The van der Waals surface area contributed by atoms with Crippen LogP contribution in [0.1, 0.15) is 18.5 Å². The zero-order valence-corrected chi connectivity index (χ0v) is 12.6. The zero-order valence-electron chi connectivity index (χ0n) is 12.6. The molecule has 1 aromatic carbocycles. The summed E-state index contributed by atoms with van der Waals surface area (Å²) in [5.41, 5.74) is 2.63. The van der Waals surface area contributed by atoms with Gasteiger partial charge in [-0.3, -0.25) is 9.78 Å². The molecule has 2 aromatic heterocycles. The summed E-state index contributed by atoms with van der Waals surface area (Å²) in [7, 11) is 0. The fourth-order valence-electron chi connectivity index (χ4n) is 2.23. The van der Waals surface area contributed by atoms with Crippen molar-refractivity contribution in [2.24, 2.45) is 0 Å². The van der Waals surface area contributed by atoms with Crippen LogP contribution in [0.2, 0.25) is 0 Å². The van der Waals surface area contributed by atoms with Gasteiger partial charge >= 0.3 is 0 Å². The van der Waals surface area contributed by atoms with Gasteiger partial charge in [0.25, 0.3) is 0 Å². The molecule has 1 N–H and O–H groups in total. The second-order valence-electron chi connectivity index (χ2n) is 5.09. The first-order valence-corrected chi connectivity index (χ1v) is 7.48. The first-order chi connectivity index (χ1) is 11.3. The van der Waals surface area contributed by atoms with Crippen LogP contribution in [-0.4, -0.2) is 25.9 Å². The molecule has 0 aliphatic carbocycles. The molecule has 2 heterocycles. The first-order valence-electron chi connectivity index (χ1n) is 7.48. The van der Waals surface area contributed by atoms with Crippen LogP contribution < -0.4 is 5.32 Å². The van der Waals surface area contributed by atoms with Crippen molar-refractivity contribution in [2.45, 2.75) is 19.3 Å². The predicted molar refractivity (Wildman–Crippen MR) is 87.2 cm³/mol. The number of rotatable bonds is 6. The molecule has 6 nitrogen and oxygen atoms in total. The van der Waals surface area contributed by atoms with Crippen molar-refractivity contribution in [2.75, 3.05) is 5.32 Å². The summed E-state index contributed by atoms with van der Waals surface area (Å²) >= 11 is 0. The maximum Gasteiger partial charge on any atom is 0.224 e. The first kappa shape index (κ1) is 14.9. The van der Waals surface area contributed by atoms with E-state index in [0.29, 0.717) is 6.42 Å². The Hall–Kier alpha value is -3.02.